The van der Waals surface area contributed by atoms with Crippen LogP contribution in [0.4, 0.5) is 4.79 Å². The van der Waals surface area contributed by atoms with E-state index in [0.29, 0.717) is 19.6 Å². The SMILES string of the molecule is O=C(c1ccccc1)C1CCN(C(=O)NCCCn2cnc3ccccc32)CC1. The van der Waals surface area contributed by atoms with Crippen molar-refractivity contribution in [1.82, 2.24) is 19.8 Å². The molecule has 1 aromatic heterocycles. The number of nitrogens with zero attached hydrogens (tertiary/aromatic N) is 3. The summed E-state index contributed by atoms with van der Waals surface area (Å²) in [5.74, 6) is 0.203. The first-order valence-electron chi connectivity index (χ1n) is 10.2. The molecular weight excluding hydrogens is 364 g/mol. The number of hydrogen-bond donors (Lipinski definition) is 1. The molecule has 150 valence electrons. The number of piperidine rings is 1. The van der Waals surface area contributed by atoms with Crippen LogP contribution in [0.15, 0.2) is 60.9 Å². The minimum atomic E-state index is -0.0360. The fourth-order valence-corrected chi connectivity index (χ4v) is 3.93. The molecule has 0 spiro atoms. The zero-order valence-corrected chi connectivity index (χ0v) is 16.5. The van der Waals surface area contributed by atoms with E-state index < -0.39 is 0 Å². The number of aryl methyl sites for hydroxylation is 1. The Labute approximate surface area is 170 Å². The molecular formula is C23H26N4O2. The lowest BCUT2D eigenvalue weighted by atomic mass is 9.89. The number of urea groups is 1. The topological polar surface area (TPSA) is 67.2 Å². The van der Waals surface area contributed by atoms with Crippen LogP contribution in [0.25, 0.3) is 11.0 Å². The molecule has 1 saturated heterocycles. The summed E-state index contributed by atoms with van der Waals surface area (Å²) >= 11 is 0. The fourth-order valence-electron chi connectivity index (χ4n) is 3.93. The minimum absolute atomic E-state index is 0.0102. The molecule has 1 fully saturated rings. The molecule has 0 aliphatic carbocycles. The number of Topliss-reactive ketones (excluding diaryl/α,β-unsaturated/α-hetero) is 1. The van der Waals surface area contributed by atoms with Gasteiger partial charge in [-0.1, -0.05) is 42.5 Å². The van der Waals surface area contributed by atoms with Crippen LogP contribution >= 0.6 is 0 Å². The van der Waals surface area contributed by atoms with E-state index in [1.165, 1.54) is 0 Å². The number of rotatable bonds is 6. The van der Waals surface area contributed by atoms with Gasteiger partial charge in [-0.25, -0.2) is 9.78 Å². The van der Waals surface area contributed by atoms with Crippen molar-refractivity contribution in [2.75, 3.05) is 19.6 Å². The van der Waals surface area contributed by atoms with Crippen LogP contribution in [-0.2, 0) is 6.54 Å². The molecule has 1 aliphatic rings. The molecule has 2 heterocycles. The van der Waals surface area contributed by atoms with Gasteiger partial charge in [-0.2, -0.15) is 0 Å². The number of carbonyl (C=O) groups is 2. The molecule has 6 nitrogen and oxygen atoms in total. The first-order chi connectivity index (χ1) is 14.2. The van der Waals surface area contributed by atoms with Crippen molar-refractivity contribution >= 4 is 22.8 Å². The van der Waals surface area contributed by atoms with Crippen molar-refractivity contribution in [1.29, 1.82) is 0 Å². The summed E-state index contributed by atoms with van der Waals surface area (Å²) in [7, 11) is 0. The monoisotopic (exact) mass is 390 g/mol. The molecule has 0 atom stereocenters. The highest BCUT2D eigenvalue weighted by atomic mass is 16.2. The highest BCUT2D eigenvalue weighted by Crippen LogP contribution is 2.21. The largest absolute Gasteiger partial charge is 0.338 e. The standard InChI is InChI=1S/C23H26N4O2/c28-22(18-7-2-1-3-8-18)19-11-15-26(16-12-19)23(29)24-13-6-14-27-17-25-20-9-4-5-10-21(20)27/h1-5,7-10,17,19H,6,11-16H2,(H,24,29). The molecule has 0 unspecified atom stereocenters. The smallest absolute Gasteiger partial charge is 0.317 e. The van der Waals surface area contributed by atoms with E-state index in [-0.39, 0.29) is 17.7 Å². The predicted octanol–water partition coefficient (Wildman–Crippen LogP) is 3.73. The number of carbonyl (C=O) groups excluding carboxylic acids is 2. The van der Waals surface area contributed by atoms with Gasteiger partial charge in [-0.15, -0.1) is 0 Å². The van der Waals surface area contributed by atoms with Crippen LogP contribution in [0.3, 0.4) is 0 Å². The Morgan fingerprint density at radius 3 is 2.52 bits per heavy atom. The van der Waals surface area contributed by atoms with Gasteiger partial charge in [-0.05, 0) is 31.4 Å². The van der Waals surface area contributed by atoms with Crippen LogP contribution in [0, 0.1) is 5.92 Å². The van der Waals surface area contributed by atoms with Crippen LogP contribution < -0.4 is 5.32 Å². The second-order valence-corrected chi connectivity index (χ2v) is 7.50. The number of aromatic nitrogens is 2. The normalized spacial score (nSPS) is 14.8. The Morgan fingerprint density at radius 1 is 1.00 bits per heavy atom. The van der Waals surface area contributed by atoms with Gasteiger partial charge in [-0.3, -0.25) is 4.79 Å². The summed E-state index contributed by atoms with van der Waals surface area (Å²) < 4.78 is 2.11. The molecule has 0 bridgehead atoms. The van der Waals surface area contributed by atoms with Crippen molar-refractivity contribution in [3.63, 3.8) is 0 Å². The fraction of sp³-hybridized carbons (Fsp3) is 0.348. The van der Waals surface area contributed by atoms with E-state index in [4.69, 9.17) is 0 Å². The Hall–Kier alpha value is -3.15. The Balaban J connectivity index is 1.20. The molecule has 2 aromatic carbocycles. The van der Waals surface area contributed by atoms with E-state index in [9.17, 15) is 9.59 Å². The number of imidazole rings is 1. The summed E-state index contributed by atoms with van der Waals surface area (Å²) in [6, 6.07) is 17.4. The summed E-state index contributed by atoms with van der Waals surface area (Å²) in [6.45, 7) is 2.69. The first kappa shape index (κ1) is 19.2. The minimum Gasteiger partial charge on any atom is -0.338 e. The van der Waals surface area contributed by atoms with Gasteiger partial charge in [0.05, 0.1) is 17.4 Å². The number of para-hydroxylation sites is 2. The number of amides is 2. The molecule has 1 N–H and O–H groups in total. The number of likely N-dealkylation sites (tertiary alicyclic amines) is 1. The number of hydrogen-bond acceptors (Lipinski definition) is 3. The van der Waals surface area contributed by atoms with Gasteiger partial charge in [0, 0.05) is 37.7 Å². The van der Waals surface area contributed by atoms with E-state index in [0.717, 1.165) is 42.4 Å². The Morgan fingerprint density at radius 2 is 1.72 bits per heavy atom. The Kier molecular flexibility index (Phi) is 5.89. The summed E-state index contributed by atoms with van der Waals surface area (Å²) in [5.41, 5.74) is 2.87. The molecule has 2 amide bonds. The van der Waals surface area contributed by atoms with Gasteiger partial charge >= 0.3 is 6.03 Å². The van der Waals surface area contributed by atoms with Gasteiger partial charge in [0.1, 0.15) is 0 Å². The lowest BCUT2D eigenvalue weighted by molar-refractivity contribution is 0.0854. The van der Waals surface area contributed by atoms with Crippen molar-refractivity contribution in [3.05, 3.63) is 66.5 Å². The van der Waals surface area contributed by atoms with Gasteiger partial charge in [0.15, 0.2) is 5.78 Å². The number of benzene rings is 2. The van der Waals surface area contributed by atoms with Crippen molar-refractivity contribution in [3.8, 4) is 0 Å². The van der Waals surface area contributed by atoms with E-state index in [2.05, 4.69) is 20.9 Å². The lowest BCUT2D eigenvalue weighted by Crippen LogP contribution is -2.45. The second kappa shape index (κ2) is 8.90. The predicted molar refractivity (Wildman–Crippen MR) is 113 cm³/mol. The third kappa shape index (κ3) is 4.47. The maximum absolute atomic E-state index is 12.6. The van der Waals surface area contributed by atoms with Crippen LogP contribution in [0.1, 0.15) is 29.6 Å². The van der Waals surface area contributed by atoms with Crippen LogP contribution in [0.2, 0.25) is 0 Å². The Bertz CT molecular complexity index is 975. The summed E-state index contributed by atoms with van der Waals surface area (Å²) in [6.07, 6.45) is 4.14. The molecule has 4 rings (SSSR count). The quantitative estimate of drug-likeness (QED) is 0.515. The van der Waals surface area contributed by atoms with Crippen molar-refractivity contribution < 1.29 is 9.59 Å². The molecule has 6 heteroatoms. The first-order valence-corrected chi connectivity index (χ1v) is 10.2. The zero-order chi connectivity index (χ0) is 20.1. The molecule has 0 radical (unpaired) electrons. The highest BCUT2D eigenvalue weighted by molar-refractivity contribution is 5.98. The molecule has 3 aromatic rings. The van der Waals surface area contributed by atoms with Gasteiger partial charge < -0.3 is 14.8 Å². The number of nitrogens with one attached hydrogen (secondary N) is 1. The third-order valence-corrected chi connectivity index (χ3v) is 5.59. The second-order valence-electron chi connectivity index (χ2n) is 7.50. The maximum Gasteiger partial charge on any atom is 0.317 e. The summed E-state index contributed by atoms with van der Waals surface area (Å²) in [5, 5.41) is 3.01. The lowest BCUT2D eigenvalue weighted by Gasteiger charge is -2.31. The molecule has 1 aliphatic heterocycles. The maximum atomic E-state index is 12.6. The number of ketones is 1. The van der Waals surface area contributed by atoms with E-state index in [1.807, 2.05) is 59.8 Å². The van der Waals surface area contributed by atoms with Crippen molar-refractivity contribution in [2.45, 2.75) is 25.8 Å². The average Bonchev–Trinajstić information content (AvgIpc) is 3.20. The average molecular weight is 390 g/mol. The van der Waals surface area contributed by atoms with Gasteiger partial charge in [0.25, 0.3) is 0 Å². The number of fused-ring (bicyclic) bond motifs is 1. The van der Waals surface area contributed by atoms with Gasteiger partial charge in [0.2, 0.25) is 0 Å². The zero-order valence-electron chi connectivity index (χ0n) is 16.5. The van der Waals surface area contributed by atoms with E-state index in [1.54, 1.807) is 0 Å². The van der Waals surface area contributed by atoms with Crippen molar-refractivity contribution in [2.24, 2.45) is 5.92 Å². The van der Waals surface area contributed by atoms with Crippen LogP contribution in [0.5, 0.6) is 0 Å². The highest BCUT2D eigenvalue weighted by Gasteiger charge is 2.27. The molecule has 29 heavy (non-hydrogen) atoms. The third-order valence-electron chi connectivity index (χ3n) is 5.59. The van der Waals surface area contributed by atoms with Crippen LogP contribution in [-0.4, -0.2) is 45.9 Å². The molecule has 0 saturated carbocycles. The summed E-state index contributed by atoms with van der Waals surface area (Å²) in [4.78, 5) is 31.2. The van der Waals surface area contributed by atoms with E-state index >= 15 is 0 Å².